The highest BCUT2D eigenvalue weighted by molar-refractivity contribution is 7.80. The molecule has 13 heteroatoms. The standard InChI is InChI=1S/C50H82O12S/c1-3-5-7-9-11-13-15-16-17-18-19-20-21-22-23-24-25-26-27-28-29-30-32-34-36-38-40-58-42-44(60-46(52)39-37-35-33-31-14-12-10-8-6-4-2)43-59-50-48(54)49(62-63(55,56)57)47(53)45(41-51)61-50/h5,7-8,10-11,13,16-17,19-20,22-23,25-26,28-29,44-45,47-51,53-54H,3-4,6,9,12,14-15,18,21,24,27,30-43H2,1-2H3,(H,55,56,57)/b7-5-,10-8-,13-11-,17-16-,20-19-,23-22-,26-25-,29-28-. The van der Waals surface area contributed by atoms with E-state index in [1.54, 1.807) is 0 Å². The lowest BCUT2D eigenvalue weighted by atomic mass is 9.99. The Hall–Kier alpha value is -2.98. The summed E-state index contributed by atoms with van der Waals surface area (Å²) in [4.78, 5) is 12.8. The summed E-state index contributed by atoms with van der Waals surface area (Å²) in [5.41, 5.74) is 0. The lowest BCUT2D eigenvalue weighted by Gasteiger charge is -2.41. The molecule has 0 aromatic rings. The van der Waals surface area contributed by atoms with E-state index in [0.717, 1.165) is 122 Å². The van der Waals surface area contributed by atoms with E-state index >= 15 is 0 Å². The molecule has 0 aromatic heterocycles. The number of rotatable bonds is 39. The van der Waals surface area contributed by atoms with E-state index in [0.29, 0.717) is 13.0 Å². The fourth-order valence-electron chi connectivity index (χ4n) is 6.42. The molecule has 0 amide bonds. The van der Waals surface area contributed by atoms with E-state index in [1.807, 2.05) is 0 Å². The van der Waals surface area contributed by atoms with E-state index in [2.05, 4.69) is 115 Å². The summed E-state index contributed by atoms with van der Waals surface area (Å²) in [5.74, 6) is -0.426. The second-order valence-corrected chi connectivity index (χ2v) is 16.7. The monoisotopic (exact) mass is 907 g/mol. The van der Waals surface area contributed by atoms with Gasteiger partial charge < -0.3 is 34.3 Å². The third kappa shape index (κ3) is 34.1. The molecule has 6 atom stereocenters. The average Bonchev–Trinajstić information content (AvgIpc) is 3.26. The van der Waals surface area contributed by atoms with Gasteiger partial charge in [-0.25, -0.2) is 4.18 Å². The van der Waals surface area contributed by atoms with Crippen LogP contribution in [0.1, 0.15) is 149 Å². The zero-order chi connectivity index (χ0) is 46.1. The van der Waals surface area contributed by atoms with Crippen molar-refractivity contribution >= 4 is 16.4 Å². The Labute approximate surface area is 380 Å². The minimum absolute atomic E-state index is 0.00837. The van der Waals surface area contributed by atoms with Gasteiger partial charge >= 0.3 is 16.4 Å². The minimum atomic E-state index is -5.07. The molecule has 1 aliphatic rings. The van der Waals surface area contributed by atoms with Crippen molar-refractivity contribution in [1.82, 2.24) is 0 Å². The van der Waals surface area contributed by atoms with Gasteiger partial charge in [-0.3, -0.25) is 9.35 Å². The molecule has 63 heavy (non-hydrogen) atoms. The molecule has 1 saturated heterocycles. The Morgan fingerprint density at radius 1 is 0.619 bits per heavy atom. The quantitative estimate of drug-likeness (QED) is 0.0199. The molecule has 12 nitrogen and oxygen atoms in total. The summed E-state index contributed by atoms with van der Waals surface area (Å²) in [5, 5.41) is 30.6. The van der Waals surface area contributed by atoms with Gasteiger partial charge in [0.25, 0.3) is 0 Å². The van der Waals surface area contributed by atoms with Crippen molar-refractivity contribution in [3.05, 3.63) is 97.2 Å². The van der Waals surface area contributed by atoms with Crippen molar-refractivity contribution in [2.45, 2.75) is 185 Å². The van der Waals surface area contributed by atoms with Crippen molar-refractivity contribution < 1.29 is 56.2 Å². The van der Waals surface area contributed by atoms with Crippen LogP contribution in [0, 0.1) is 0 Å². The van der Waals surface area contributed by atoms with Crippen molar-refractivity contribution in [1.29, 1.82) is 0 Å². The van der Waals surface area contributed by atoms with Crippen molar-refractivity contribution in [3.8, 4) is 0 Å². The lowest BCUT2D eigenvalue weighted by molar-refractivity contribution is -0.301. The van der Waals surface area contributed by atoms with Crippen LogP contribution < -0.4 is 0 Å². The molecule has 0 bridgehead atoms. The molecule has 1 aliphatic heterocycles. The predicted molar refractivity (Wildman–Crippen MR) is 252 cm³/mol. The van der Waals surface area contributed by atoms with Crippen LogP contribution in [0.4, 0.5) is 0 Å². The van der Waals surface area contributed by atoms with E-state index < -0.39 is 59.8 Å². The van der Waals surface area contributed by atoms with Crippen LogP contribution in [-0.2, 0) is 38.3 Å². The van der Waals surface area contributed by atoms with Crippen molar-refractivity contribution in [2.75, 3.05) is 26.4 Å². The van der Waals surface area contributed by atoms with E-state index in [1.165, 1.54) is 0 Å². The van der Waals surface area contributed by atoms with Crippen LogP contribution in [0.3, 0.4) is 0 Å². The van der Waals surface area contributed by atoms with Crippen LogP contribution in [0.5, 0.6) is 0 Å². The van der Waals surface area contributed by atoms with Gasteiger partial charge in [-0.1, -0.05) is 150 Å². The van der Waals surface area contributed by atoms with Gasteiger partial charge in [0.1, 0.15) is 30.5 Å². The third-order valence-corrected chi connectivity index (χ3v) is 10.4. The zero-order valence-corrected chi connectivity index (χ0v) is 39.2. The summed E-state index contributed by atoms with van der Waals surface area (Å²) in [7, 11) is -5.07. The first-order chi connectivity index (χ1) is 30.6. The van der Waals surface area contributed by atoms with Crippen molar-refractivity contribution in [3.63, 3.8) is 0 Å². The maximum absolute atomic E-state index is 12.8. The molecule has 0 aliphatic carbocycles. The number of carbonyl (C=O) groups is 1. The maximum atomic E-state index is 12.8. The average molecular weight is 907 g/mol. The normalized spacial score (nSPS) is 20.8. The second kappa shape index (κ2) is 40.5. The summed E-state index contributed by atoms with van der Waals surface area (Å²) < 4.78 is 59.0. The predicted octanol–water partition coefficient (Wildman–Crippen LogP) is 10.2. The van der Waals surface area contributed by atoms with Gasteiger partial charge in [-0.05, 0) is 89.9 Å². The topological polar surface area (TPSA) is 178 Å². The number of unbranched alkanes of at least 4 members (excludes halogenated alkanes) is 10. The smallest absolute Gasteiger partial charge is 0.397 e. The molecular weight excluding hydrogens is 825 g/mol. The number of aliphatic hydroxyl groups excluding tert-OH is 3. The van der Waals surface area contributed by atoms with Gasteiger partial charge in [0, 0.05) is 13.0 Å². The molecule has 1 heterocycles. The van der Waals surface area contributed by atoms with Crippen molar-refractivity contribution in [2.24, 2.45) is 0 Å². The molecule has 1 fully saturated rings. The molecule has 0 aromatic carbocycles. The van der Waals surface area contributed by atoms with Gasteiger partial charge in [0.2, 0.25) is 0 Å². The van der Waals surface area contributed by atoms with Crippen LogP contribution >= 0.6 is 0 Å². The molecule has 360 valence electrons. The van der Waals surface area contributed by atoms with Crippen LogP contribution in [0.25, 0.3) is 0 Å². The number of carbonyl (C=O) groups excluding carboxylic acids is 1. The number of esters is 1. The first-order valence-corrected chi connectivity index (χ1v) is 24.9. The Bertz CT molecular complexity index is 1460. The summed E-state index contributed by atoms with van der Waals surface area (Å²) >= 11 is 0. The fraction of sp³-hybridized carbons (Fsp3) is 0.660. The summed E-state index contributed by atoms with van der Waals surface area (Å²) in [6.45, 7) is 3.70. The lowest BCUT2D eigenvalue weighted by Crippen LogP contribution is -2.60. The Balaban J connectivity index is 2.37. The largest absolute Gasteiger partial charge is 0.457 e. The second-order valence-electron chi connectivity index (χ2n) is 15.6. The number of hydrogen-bond donors (Lipinski definition) is 4. The SMILES string of the molecule is CC/C=C\C/C=C\C/C=C\C/C=C\C/C=C\C/C=C\C/C=C\CCCCCCOCC(COC1OC(CO)C(O)C(OS(=O)(=O)O)C1O)OC(=O)CCCCCCC/C=C\CCC. The van der Waals surface area contributed by atoms with E-state index in [4.69, 9.17) is 23.5 Å². The summed E-state index contributed by atoms with van der Waals surface area (Å²) in [6.07, 6.45) is 46.0. The molecule has 1 rings (SSSR count). The molecule has 0 saturated carbocycles. The van der Waals surface area contributed by atoms with E-state index in [9.17, 15) is 28.5 Å². The maximum Gasteiger partial charge on any atom is 0.397 e. The number of allylic oxidation sites excluding steroid dienone is 16. The Kier molecular flexibility index (Phi) is 37.3. The first kappa shape index (κ1) is 58.0. The van der Waals surface area contributed by atoms with Gasteiger partial charge in [0.05, 0.1) is 19.8 Å². The number of hydrogen-bond acceptors (Lipinski definition) is 11. The highest BCUT2D eigenvalue weighted by atomic mass is 32.3. The minimum Gasteiger partial charge on any atom is -0.457 e. The van der Waals surface area contributed by atoms with Crippen LogP contribution in [0.15, 0.2) is 97.2 Å². The zero-order valence-electron chi connectivity index (χ0n) is 38.3. The molecule has 0 spiro atoms. The van der Waals surface area contributed by atoms with E-state index in [-0.39, 0.29) is 19.6 Å². The molecular formula is C50H82O12S. The fourth-order valence-corrected chi connectivity index (χ4v) is 6.93. The molecule has 6 unspecified atom stereocenters. The van der Waals surface area contributed by atoms with Crippen LogP contribution in [0.2, 0.25) is 0 Å². The third-order valence-electron chi connectivity index (χ3n) is 9.92. The summed E-state index contributed by atoms with van der Waals surface area (Å²) in [6, 6.07) is 0. The van der Waals surface area contributed by atoms with Crippen LogP contribution in [-0.4, -0.2) is 97.5 Å². The molecule has 0 radical (unpaired) electrons. The highest BCUT2D eigenvalue weighted by Crippen LogP contribution is 2.26. The highest BCUT2D eigenvalue weighted by Gasteiger charge is 2.48. The Morgan fingerprint density at radius 2 is 1.10 bits per heavy atom. The Morgan fingerprint density at radius 3 is 1.62 bits per heavy atom. The van der Waals surface area contributed by atoms with Gasteiger partial charge in [-0.2, -0.15) is 8.42 Å². The van der Waals surface area contributed by atoms with Gasteiger partial charge in [-0.15, -0.1) is 0 Å². The first-order valence-electron chi connectivity index (χ1n) is 23.5. The molecule has 4 N–H and O–H groups in total. The van der Waals surface area contributed by atoms with Gasteiger partial charge in [0.15, 0.2) is 6.29 Å². The number of ether oxygens (including phenoxy) is 4. The number of aliphatic hydroxyl groups is 3.